The van der Waals surface area contributed by atoms with Crippen molar-refractivity contribution in [1.82, 2.24) is 24.0 Å². The van der Waals surface area contributed by atoms with E-state index < -0.39 is 5.69 Å². The SMILES string of the molecule is CCCCCn1c(CCC(=O)N2CCCCC2)nc2c1c(=O)[nH]c(=O)n2CCCC. The number of amides is 1. The highest BCUT2D eigenvalue weighted by Gasteiger charge is 2.21. The average Bonchev–Trinajstić information content (AvgIpc) is 3.11. The van der Waals surface area contributed by atoms with Gasteiger partial charge < -0.3 is 9.47 Å². The van der Waals surface area contributed by atoms with E-state index in [2.05, 4.69) is 18.8 Å². The van der Waals surface area contributed by atoms with E-state index in [1.807, 2.05) is 9.47 Å². The summed E-state index contributed by atoms with van der Waals surface area (Å²) in [5, 5.41) is 0. The monoisotopic (exact) mass is 417 g/mol. The minimum atomic E-state index is -0.407. The zero-order valence-corrected chi connectivity index (χ0v) is 18.4. The highest BCUT2D eigenvalue weighted by atomic mass is 16.2. The van der Waals surface area contributed by atoms with Gasteiger partial charge in [-0.05, 0) is 32.1 Å². The van der Waals surface area contributed by atoms with Crippen LogP contribution in [-0.2, 0) is 24.3 Å². The van der Waals surface area contributed by atoms with Gasteiger partial charge in [0.15, 0.2) is 11.2 Å². The number of hydrogen-bond acceptors (Lipinski definition) is 4. The molecule has 0 saturated carbocycles. The van der Waals surface area contributed by atoms with E-state index >= 15 is 0 Å². The largest absolute Gasteiger partial charge is 0.343 e. The van der Waals surface area contributed by atoms with Crippen LogP contribution in [0.2, 0.25) is 0 Å². The highest BCUT2D eigenvalue weighted by Crippen LogP contribution is 2.17. The van der Waals surface area contributed by atoms with E-state index in [0.29, 0.717) is 37.1 Å². The van der Waals surface area contributed by atoms with Crippen molar-refractivity contribution < 1.29 is 4.79 Å². The molecule has 166 valence electrons. The van der Waals surface area contributed by atoms with E-state index in [1.54, 1.807) is 4.57 Å². The third-order valence-electron chi connectivity index (χ3n) is 5.96. The van der Waals surface area contributed by atoms with Crippen molar-refractivity contribution in [2.24, 2.45) is 0 Å². The van der Waals surface area contributed by atoms with Crippen LogP contribution in [-0.4, -0.2) is 43.0 Å². The lowest BCUT2D eigenvalue weighted by atomic mass is 10.1. The molecule has 1 saturated heterocycles. The lowest BCUT2D eigenvalue weighted by molar-refractivity contribution is -0.132. The van der Waals surface area contributed by atoms with Crippen LogP contribution in [0.25, 0.3) is 11.2 Å². The molecule has 1 aliphatic heterocycles. The maximum Gasteiger partial charge on any atom is 0.330 e. The number of carbonyl (C=O) groups excluding carboxylic acids is 1. The van der Waals surface area contributed by atoms with Crippen LogP contribution in [0.15, 0.2) is 9.59 Å². The summed E-state index contributed by atoms with van der Waals surface area (Å²) in [6, 6.07) is 0. The van der Waals surface area contributed by atoms with Gasteiger partial charge in [-0.3, -0.25) is 19.1 Å². The Morgan fingerprint density at radius 1 is 0.967 bits per heavy atom. The highest BCUT2D eigenvalue weighted by molar-refractivity contribution is 5.77. The second-order valence-electron chi connectivity index (χ2n) is 8.26. The number of fused-ring (bicyclic) bond motifs is 1. The van der Waals surface area contributed by atoms with Crippen molar-refractivity contribution in [3.05, 3.63) is 26.7 Å². The van der Waals surface area contributed by atoms with Gasteiger partial charge in [0.2, 0.25) is 5.91 Å². The maximum absolute atomic E-state index is 12.7. The van der Waals surface area contributed by atoms with Gasteiger partial charge in [-0.25, -0.2) is 9.78 Å². The third kappa shape index (κ3) is 5.02. The van der Waals surface area contributed by atoms with Gasteiger partial charge in [0.1, 0.15) is 5.82 Å². The molecule has 0 aliphatic carbocycles. The fraction of sp³-hybridized carbons (Fsp3) is 0.727. The zero-order chi connectivity index (χ0) is 21.5. The summed E-state index contributed by atoms with van der Waals surface area (Å²) in [5.41, 5.74) is 0.117. The van der Waals surface area contributed by atoms with E-state index in [9.17, 15) is 14.4 Å². The minimum Gasteiger partial charge on any atom is -0.343 e. The molecular weight excluding hydrogens is 382 g/mol. The number of piperidine rings is 1. The van der Waals surface area contributed by atoms with Crippen molar-refractivity contribution >= 4 is 17.1 Å². The lowest BCUT2D eigenvalue weighted by Gasteiger charge is -2.26. The van der Waals surface area contributed by atoms with Crippen molar-refractivity contribution in [2.45, 2.75) is 91.1 Å². The molecule has 1 N–H and O–H groups in total. The Morgan fingerprint density at radius 2 is 1.67 bits per heavy atom. The number of rotatable bonds is 10. The molecule has 2 aromatic heterocycles. The number of carbonyl (C=O) groups is 1. The molecule has 0 unspecified atom stereocenters. The Morgan fingerprint density at radius 3 is 2.37 bits per heavy atom. The number of nitrogens with one attached hydrogen (secondary N) is 1. The molecule has 0 aromatic carbocycles. The van der Waals surface area contributed by atoms with Crippen LogP contribution >= 0.6 is 0 Å². The number of imidazole rings is 1. The number of aromatic amines is 1. The molecule has 0 radical (unpaired) electrons. The first-order chi connectivity index (χ1) is 14.6. The number of hydrogen-bond donors (Lipinski definition) is 1. The molecule has 30 heavy (non-hydrogen) atoms. The van der Waals surface area contributed by atoms with Crippen LogP contribution < -0.4 is 11.2 Å². The van der Waals surface area contributed by atoms with Crippen LogP contribution in [0.4, 0.5) is 0 Å². The second-order valence-corrected chi connectivity index (χ2v) is 8.26. The molecule has 1 fully saturated rings. The summed E-state index contributed by atoms with van der Waals surface area (Å²) in [5.74, 6) is 0.881. The van der Waals surface area contributed by atoms with E-state index in [-0.39, 0.29) is 11.5 Å². The van der Waals surface area contributed by atoms with Gasteiger partial charge in [-0.15, -0.1) is 0 Å². The van der Waals surface area contributed by atoms with E-state index in [4.69, 9.17) is 4.98 Å². The van der Waals surface area contributed by atoms with E-state index in [1.165, 1.54) is 6.42 Å². The quantitative estimate of drug-likeness (QED) is 0.602. The summed E-state index contributed by atoms with van der Waals surface area (Å²) >= 11 is 0. The van der Waals surface area contributed by atoms with Gasteiger partial charge in [0.25, 0.3) is 5.56 Å². The third-order valence-corrected chi connectivity index (χ3v) is 5.96. The summed E-state index contributed by atoms with van der Waals surface area (Å²) in [4.78, 5) is 46.9. The summed E-state index contributed by atoms with van der Waals surface area (Å²) in [7, 11) is 0. The number of likely N-dealkylation sites (tertiary alicyclic amines) is 1. The molecule has 1 aliphatic rings. The van der Waals surface area contributed by atoms with Gasteiger partial charge >= 0.3 is 5.69 Å². The normalized spacial score (nSPS) is 14.5. The standard InChI is InChI=1S/C22H35N5O3/c1-3-5-8-16-26-17(11-12-18(28)25-13-9-7-10-14-25)23-20-19(26)21(29)24-22(30)27(20)15-6-4-2/h3-16H2,1-2H3,(H,24,29,30). The molecule has 2 aromatic rings. The Hall–Kier alpha value is -2.38. The van der Waals surface area contributed by atoms with Gasteiger partial charge in [0, 0.05) is 39.0 Å². The number of aryl methyl sites for hydroxylation is 3. The topological polar surface area (TPSA) is 93.0 Å². The predicted octanol–water partition coefficient (Wildman–Crippen LogP) is 2.82. The van der Waals surface area contributed by atoms with Crippen molar-refractivity contribution in [3.8, 4) is 0 Å². The minimum absolute atomic E-state index is 0.152. The number of aromatic nitrogens is 4. The number of nitrogens with zero attached hydrogens (tertiary/aromatic N) is 4. The number of unbranched alkanes of at least 4 members (excludes halogenated alkanes) is 3. The molecule has 1 amide bonds. The molecule has 0 bridgehead atoms. The van der Waals surface area contributed by atoms with Gasteiger partial charge in [-0.2, -0.15) is 0 Å². The molecular formula is C22H35N5O3. The molecule has 0 spiro atoms. The summed E-state index contributed by atoms with van der Waals surface area (Å²) in [6.07, 6.45) is 9.05. The van der Waals surface area contributed by atoms with Crippen LogP contribution in [0.5, 0.6) is 0 Å². The second kappa shape index (κ2) is 10.6. The predicted molar refractivity (Wildman–Crippen MR) is 118 cm³/mol. The molecule has 3 rings (SSSR count). The lowest BCUT2D eigenvalue weighted by Crippen LogP contribution is -2.35. The average molecular weight is 418 g/mol. The van der Waals surface area contributed by atoms with Crippen molar-refractivity contribution in [3.63, 3.8) is 0 Å². The first kappa shape index (κ1) is 22.3. The Kier molecular flexibility index (Phi) is 7.87. The molecule has 8 nitrogen and oxygen atoms in total. The van der Waals surface area contributed by atoms with Crippen LogP contribution in [0.3, 0.4) is 0 Å². The van der Waals surface area contributed by atoms with Crippen molar-refractivity contribution in [1.29, 1.82) is 0 Å². The Balaban J connectivity index is 1.93. The Bertz CT molecular complexity index is 966. The Labute approximate surface area is 177 Å². The van der Waals surface area contributed by atoms with E-state index in [0.717, 1.165) is 63.9 Å². The zero-order valence-electron chi connectivity index (χ0n) is 18.4. The molecule has 8 heteroatoms. The fourth-order valence-corrected chi connectivity index (χ4v) is 4.21. The fourth-order valence-electron chi connectivity index (χ4n) is 4.21. The van der Waals surface area contributed by atoms with Crippen LogP contribution in [0.1, 0.15) is 77.5 Å². The maximum atomic E-state index is 12.7. The van der Waals surface area contributed by atoms with Gasteiger partial charge in [0.05, 0.1) is 0 Å². The summed E-state index contributed by atoms with van der Waals surface area (Å²) < 4.78 is 3.52. The smallest absolute Gasteiger partial charge is 0.330 e. The molecule has 0 atom stereocenters. The van der Waals surface area contributed by atoms with Crippen molar-refractivity contribution in [2.75, 3.05) is 13.1 Å². The van der Waals surface area contributed by atoms with Gasteiger partial charge in [-0.1, -0.05) is 33.1 Å². The first-order valence-electron chi connectivity index (χ1n) is 11.6. The number of H-pyrrole nitrogens is 1. The van der Waals surface area contributed by atoms with Crippen LogP contribution in [0, 0.1) is 0 Å². The molecule has 3 heterocycles. The summed E-state index contributed by atoms with van der Waals surface area (Å²) in [6.45, 7) is 7.08. The first-order valence-corrected chi connectivity index (χ1v) is 11.6.